The quantitative estimate of drug-likeness (QED) is 0.481. The molecule has 0 bridgehead atoms. The van der Waals surface area contributed by atoms with Gasteiger partial charge in [0.05, 0.1) is 6.17 Å². The normalized spacial score (nSPS) is 37.5. The van der Waals surface area contributed by atoms with Crippen LogP contribution in [0, 0.1) is 11.8 Å². The van der Waals surface area contributed by atoms with Crippen LogP contribution in [0.25, 0.3) is 0 Å². The zero-order valence-electron chi connectivity index (χ0n) is 5.30. The molecular formula is C6H14N2. The molecule has 1 saturated carbocycles. The SMILES string of the molecule is CC1CC(C(N)N)C1. The second-order valence-electron chi connectivity index (χ2n) is 2.91. The summed E-state index contributed by atoms with van der Waals surface area (Å²) in [6, 6.07) is 0. The molecule has 0 aromatic carbocycles. The van der Waals surface area contributed by atoms with E-state index in [1.165, 1.54) is 12.8 Å². The highest BCUT2D eigenvalue weighted by Crippen LogP contribution is 2.33. The summed E-state index contributed by atoms with van der Waals surface area (Å²) in [7, 11) is 0. The molecule has 0 heterocycles. The summed E-state index contributed by atoms with van der Waals surface area (Å²) >= 11 is 0. The van der Waals surface area contributed by atoms with Crippen molar-refractivity contribution < 1.29 is 0 Å². The van der Waals surface area contributed by atoms with Crippen molar-refractivity contribution in [2.24, 2.45) is 23.3 Å². The first kappa shape index (κ1) is 6.05. The van der Waals surface area contributed by atoms with Gasteiger partial charge in [-0.15, -0.1) is 0 Å². The first-order valence-electron chi connectivity index (χ1n) is 3.21. The van der Waals surface area contributed by atoms with E-state index in [9.17, 15) is 0 Å². The topological polar surface area (TPSA) is 52.0 Å². The van der Waals surface area contributed by atoms with E-state index in [1.807, 2.05) is 0 Å². The van der Waals surface area contributed by atoms with Crippen molar-refractivity contribution in [1.82, 2.24) is 0 Å². The van der Waals surface area contributed by atoms with Gasteiger partial charge in [0.25, 0.3) is 0 Å². The van der Waals surface area contributed by atoms with Crippen molar-refractivity contribution in [3.63, 3.8) is 0 Å². The van der Waals surface area contributed by atoms with Gasteiger partial charge in [-0.1, -0.05) is 6.92 Å². The molecule has 0 aromatic rings. The number of hydrogen-bond acceptors (Lipinski definition) is 2. The molecule has 0 spiro atoms. The monoisotopic (exact) mass is 114 g/mol. The van der Waals surface area contributed by atoms with Gasteiger partial charge in [0.1, 0.15) is 0 Å². The van der Waals surface area contributed by atoms with Crippen LogP contribution in [0.1, 0.15) is 19.8 Å². The molecule has 2 heteroatoms. The van der Waals surface area contributed by atoms with Crippen LogP contribution < -0.4 is 11.5 Å². The zero-order chi connectivity index (χ0) is 6.15. The summed E-state index contributed by atoms with van der Waals surface area (Å²) in [5, 5.41) is 0. The standard InChI is InChI=1S/C6H14N2/c1-4-2-5(3-4)6(7)8/h4-6H,2-3,7-8H2,1H3. The van der Waals surface area contributed by atoms with Crippen LogP contribution in [0.3, 0.4) is 0 Å². The summed E-state index contributed by atoms with van der Waals surface area (Å²) in [6.07, 6.45) is 2.40. The van der Waals surface area contributed by atoms with E-state index in [2.05, 4.69) is 6.92 Å². The smallest absolute Gasteiger partial charge is 0.0550 e. The molecule has 2 nitrogen and oxygen atoms in total. The number of hydrogen-bond donors (Lipinski definition) is 2. The molecule has 0 aliphatic heterocycles. The Kier molecular flexibility index (Phi) is 1.54. The van der Waals surface area contributed by atoms with Gasteiger partial charge in [-0.05, 0) is 24.7 Å². The van der Waals surface area contributed by atoms with Crippen molar-refractivity contribution in [3.05, 3.63) is 0 Å². The fourth-order valence-electron chi connectivity index (χ4n) is 1.28. The highest BCUT2D eigenvalue weighted by Gasteiger charge is 2.28. The predicted molar refractivity (Wildman–Crippen MR) is 34.1 cm³/mol. The van der Waals surface area contributed by atoms with Gasteiger partial charge in [-0.25, -0.2) is 0 Å². The zero-order valence-corrected chi connectivity index (χ0v) is 5.30. The first-order chi connectivity index (χ1) is 3.70. The van der Waals surface area contributed by atoms with Gasteiger partial charge in [-0.2, -0.15) is 0 Å². The van der Waals surface area contributed by atoms with E-state index in [-0.39, 0.29) is 6.17 Å². The molecule has 0 saturated heterocycles. The minimum absolute atomic E-state index is 0.0637. The van der Waals surface area contributed by atoms with Crippen LogP contribution in [0.2, 0.25) is 0 Å². The van der Waals surface area contributed by atoms with Crippen LogP contribution in [0.4, 0.5) is 0 Å². The first-order valence-corrected chi connectivity index (χ1v) is 3.21. The van der Waals surface area contributed by atoms with Crippen molar-refractivity contribution in [1.29, 1.82) is 0 Å². The minimum Gasteiger partial charge on any atom is -0.316 e. The highest BCUT2D eigenvalue weighted by atomic mass is 14.9. The summed E-state index contributed by atoms with van der Waals surface area (Å²) in [6.45, 7) is 2.24. The van der Waals surface area contributed by atoms with Gasteiger partial charge in [-0.3, -0.25) is 0 Å². The molecule has 1 aliphatic rings. The van der Waals surface area contributed by atoms with Crippen molar-refractivity contribution >= 4 is 0 Å². The van der Waals surface area contributed by atoms with E-state index in [0.717, 1.165) is 5.92 Å². The van der Waals surface area contributed by atoms with Crippen molar-refractivity contribution in [2.45, 2.75) is 25.9 Å². The molecule has 1 fully saturated rings. The average molecular weight is 114 g/mol. The van der Waals surface area contributed by atoms with E-state index in [1.54, 1.807) is 0 Å². The molecule has 0 atom stereocenters. The fourth-order valence-corrected chi connectivity index (χ4v) is 1.28. The van der Waals surface area contributed by atoms with Crippen LogP contribution in [0.15, 0.2) is 0 Å². The number of rotatable bonds is 1. The van der Waals surface area contributed by atoms with E-state index in [0.29, 0.717) is 5.92 Å². The molecule has 1 aliphatic carbocycles. The van der Waals surface area contributed by atoms with Crippen LogP contribution in [0.5, 0.6) is 0 Å². The summed E-state index contributed by atoms with van der Waals surface area (Å²) < 4.78 is 0. The maximum absolute atomic E-state index is 5.44. The Hall–Kier alpha value is -0.0800. The van der Waals surface area contributed by atoms with E-state index in [4.69, 9.17) is 11.5 Å². The fraction of sp³-hybridized carbons (Fsp3) is 1.00. The molecule has 0 unspecified atom stereocenters. The van der Waals surface area contributed by atoms with Gasteiger partial charge < -0.3 is 11.5 Å². The minimum atomic E-state index is -0.0637. The Balaban J connectivity index is 2.15. The van der Waals surface area contributed by atoms with Gasteiger partial charge in [0.15, 0.2) is 0 Å². The Morgan fingerprint density at radius 3 is 2.00 bits per heavy atom. The molecule has 0 aromatic heterocycles. The lowest BCUT2D eigenvalue weighted by molar-refractivity contribution is 0.179. The molecule has 1 rings (SSSR count). The molecule has 4 N–H and O–H groups in total. The Labute approximate surface area is 50.2 Å². The average Bonchev–Trinajstić information content (AvgIpc) is 1.57. The Morgan fingerprint density at radius 2 is 1.88 bits per heavy atom. The van der Waals surface area contributed by atoms with Crippen LogP contribution in [-0.2, 0) is 0 Å². The van der Waals surface area contributed by atoms with E-state index >= 15 is 0 Å². The lowest BCUT2D eigenvalue weighted by atomic mass is 9.75. The Morgan fingerprint density at radius 1 is 1.38 bits per heavy atom. The van der Waals surface area contributed by atoms with Crippen LogP contribution >= 0.6 is 0 Å². The Bertz CT molecular complexity index is 74.6. The lowest BCUT2D eigenvalue weighted by Crippen LogP contribution is -2.44. The predicted octanol–water partition coefficient (Wildman–Crippen LogP) is 0.276. The third-order valence-electron chi connectivity index (χ3n) is 1.95. The third-order valence-corrected chi connectivity index (χ3v) is 1.95. The van der Waals surface area contributed by atoms with Crippen molar-refractivity contribution in [3.8, 4) is 0 Å². The van der Waals surface area contributed by atoms with Gasteiger partial charge in [0.2, 0.25) is 0 Å². The second-order valence-corrected chi connectivity index (χ2v) is 2.91. The van der Waals surface area contributed by atoms with Gasteiger partial charge >= 0.3 is 0 Å². The lowest BCUT2D eigenvalue weighted by Gasteiger charge is -2.34. The maximum atomic E-state index is 5.44. The van der Waals surface area contributed by atoms with Gasteiger partial charge in [0, 0.05) is 0 Å². The number of nitrogens with two attached hydrogens (primary N) is 2. The molecule has 8 heavy (non-hydrogen) atoms. The molecular weight excluding hydrogens is 100 g/mol. The molecule has 48 valence electrons. The summed E-state index contributed by atoms with van der Waals surface area (Å²) in [5.41, 5.74) is 10.9. The maximum Gasteiger partial charge on any atom is 0.0550 e. The summed E-state index contributed by atoms with van der Waals surface area (Å²) in [5.74, 6) is 1.49. The van der Waals surface area contributed by atoms with E-state index < -0.39 is 0 Å². The molecule has 0 amide bonds. The van der Waals surface area contributed by atoms with Crippen LogP contribution in [-0.4, -0.2) is 6.17 Å². The molecule has 0 radical (unpaired) electrons. The summed E-state index contributed by atoms with van der Waals surface area (Å²) in [4.78, 5) is 0. The highest BCUT2D eigenvalue weighted by molar-refractivity contribution is 4.80. The largest absolute Gasteiger partial charge is 0.316 e. The second kappa shape index (κ2) is 2.03. The third kappa shape index (κ3) is 1.01. The van der Waals surface area contributed by atoms with Crippen molar-refractivity contribution in [2.75, 3.05) is 0 Å².